The highest BCUT2D eigenvalue weighted by Crippen LogP contribution is 2.10. The molecule has 0 saturated carbocycles. The Kier molecular flexibility index (Phi) is 8.02. The quantitative estimate of drug-likeness (QED) is 0.609. The highest BCUT2D eigenvalue weighted by Gasteiger charge is 2.08. The Hall–Kier alpha value is -0.120. The van der Waals surface area contributed by atoms with E-state index in [0.29, 0.717) is 12.0 Å². The van der Waals surface area contributed by atoms with Gasteiger partial charge in [-0.1, -0.05) is 20.8 Å². The van der Waals surface area contributed by atoms with Crippen molar-refractivity contribution in [2.45, 2.75) is 46.1 Å². The highest BCUT2D eigenvalue weighted by molar-refractivity contribution is 4.65. The predicted molar refractivity (Wildman–Crippen MR) is 64.1 cm³/mol. The van der Waals surface area contributed by atoms with Gasteiger partial charge in [0.05, 0.1) is 6.10 Å². The lowest BCUT2D eigenvalue weighted by Gasteiger charge is -2.19. The highest BCUT2D eigenvalue weighted by atomic mass is 16.5. The molecule has 0 rings (SSSR count). The second-order valence-electron chi connectivity index (χ2n) is 5.31. The van der Waals surface area contributed by atoms with Crippen molar-refractivity contribution in [3.8, 4) is 0 Å². The Labute approximate surface area is 94.2 Å². The average Bonchev–Trinajstić information content (AvgIpc) is 2.12. The molecule has 92 valence electrons. The third-order valence-electron chi connectivity index (χ3n) is 2.20. The zero-order chi connectivity index (χ0) is 11.7. The van der Waals surface area contributed by atoms with Crippen LogP contribution in [0.4, 0.5) is 0 Å². The Morgan fingerprint density at radius 1 is 1.27 bits per heavy atom. The summed E-state index contributed by atoms with van der Waals surface area (Å²) in [7, 11) is 1.66. The molecular formula is C12H27NO2. The molecule has 0 aliphatic heterocycles. The first-order valence-corrected chi connectivity index (χ1v) is 5.83. The maximum absolute atomic E-state index is 9.53. The zero-order valence-corrected chi connectivity index (χ0v) is 10.7. The maximum atomic E-state index is 9.53. The molecule has 0 aliphatic carbocycles. The number of rotatable bonds is 8. The van der Waals surface area contributed by atoms with Gasteiger partial charge in [0, 0.05) is 13.7 Å². The molecule has 3 nitrogen and oxygen atoms in total. The number of aliphatic hydroxyl groups excluding tert-OH is 1. The van der Waals surface area contributed by atoms with E-state index in [9.17, 15) is 5.11 Å². The molecular weight excluding hydrogens is 190 g/mol. The molecule has 0 bridgehead atoms. The van der Waals surface area contributed by atoms with Crippen molar-refractivity contribution in [2.24, 2.45) is 5.41 Å². The topological polar surface area (TPSA) is 41.5 Å². The van der Waals surface area contributed by atoms with Crippen LogP contribution in [0, 0.1) is 5.41 Å². The molecule has 0 radical (unpaired) electrons. The van der Waals surface area contributed by atoms with E-state index in [0.717, 1.165) is 32.4 Å². The van der Waals surface area contributed by atoms with Gasteiger partial charge in [-0.2, -0.15) is 0 Å². The van der Waals surface area contributed by atoms with E-state index in [2.05, 4.69) is 26.1 Å². The van der Waals surface area contributed by atoms with Crippen molar-refractivity contribution >= 4 is 0 Å². The summed E-state index contributed by atoms with van der Waals surface area (Å²) in [5.41, 5.74) is 0.342. The SMILES string of the molecule is COCC[C@H](O)CCCNCC(C)(C)C. The first-order chi connectivity index (χ1) is 6.95. The minimum absolute atomic E-state index is 0.207. The number of hydrogen-bond acceptors (Lipinski definition) is 3. The number of aliphatic hydroxyl groups is 1. The second-order valence-corrected chi connectivity index (χ2v) is 5.31. The van der Waals surface area contributed by atoms with Crippen LogP contribution in [0.25, 0.3) is 0 Å². The predicted octanol–water partition coefficient (Wildman–Crippen LogP) is 1.80. The Morgan fingerprint density at radius 2 is 1.93 bits per heavy atom. The van der Waals surface area contributed by atoms with Crippen LogP contribution in [-0.2, 0) is 4.74 Å². The summed E-state index contributed by atoms with van der Waals surface area (Å²) in [6, 6.07) is 0. The van der Waals surface area contributed by atoms with Gasteiger partial charge >= 0.3 is 0 Å². The molecule has 0 saturated heterocycles. The molecule has 2 N–H and O–H groups in total. The first kappa shape index (κ1) is 14.9. The first-order valence-electron chi connectivity index (χ1n) is 5.83. The average molecular weight is 217 g/mol. The van der Waals surface area contributed by atoms with Crippen molar-refractivity contribution < 1.29 is 9.84 Å². The molecule has 0 unspecified atom stereocenters. The molecule has 15 heavy (non-hydrogen) atoms. The van der Waals surface area contributed by atoms with Gasteiger partial charge in [0.25, 0.3) is 0 Å². The lowest BCUT2D eigenvalue weighted by molar-refractivity contribution is 0.102. The molecule has 0 spiro atoms. The summed E-state index contributed by atoms with van der Waals surface area (Å²) in [6.45, 7) is 9.31. The smallest absolute Gasteiger partial charge is 0.0562 e. The molecule has 0 fully saturated rings. The summed E-state index contributed by atoms with van der Waals surface area (Å²) >= 11 is 0. The summed E-state index contributed by atoms with van der Waals surface area (Å²) < 4.78 is 4.91. The van der Waals surface area contributed by atoms with E-state index in [1.165, 1.54) is 0 Å². The van der Waals surface area contributed by atoms with Gasteiger partial charge in [-0.05, 0) is 37.8 Å². The summed E-state index contributed by atoms with van der Waals surface area (Å²) in [6.07, 6.45) is 2.43. The molecule has 0 amide bonds. The fourth-order valence-corrected chi connectivity index (χ4v) is 1.32. The van der Waals surface area contributed by atoms with Crippen molar-refractivity contribution in [1.29, 1.82) is 0 Å². The van der Waals surface area contributed by atoms with Crippen LogP contribution in [0.15, 0.2) is 0 Å². The molecule has 1 atom stereocenters. The maximum Gasteiger partial charge on any atom is 0.0562 e. The summed E-state index contributed by atoms with van der Waals surface area (Å²) in [5, 5.41) is 12.9. The van der Waals surface area contributed by atoms with Crippen molar-refractivity contribution in [1.82, 2.24) is 5.32 Å². The van der Waals surface area contributed by atoms with Crippen molar-refractivity contribution in [2.75, 3.05) is 26.8 Å². The standard InChI is InChI=1S/C12H27NO2/c1-12(2,3)10-13-8-5-6-11(14)7-9-15-4/h11,13-14H,5-10H2,1-4H3/t11-/m1/s1. The van der Waals surface area contributed by atoms with Gasteiger partial charge in [0.15, 0.2) is 0 Å². The van der Waals surface area contributed by atoms with Gasteiger partial charge in [0.2, 0.25) is 0 Å². The van der Waals surface area contributed by atoms with Crippen LogP contribution < -0.4 is 5.32 Å². The number of ether oxygens (including phenoxy) is 1. The summed E-state index contributed by atoms with van der Waals surface area (Å²) in [4.78, 5) is 0. The van der Waals surface area contributed by atoms with Crippen molar-refractivity contribution in [3.63, 3.8) is 0 Å². The van der Waals surface area contributed by atoms with E-state index < -0.39 is 0 Å². The monoisotopic (exact) mass is 217 g/mol. The lowest BCUT2D eigenvalue weighted by atomic mass is 9.97. The van der Waals surface area contributed by atoms with Crippen LogP contribution in [0.1, 0.15) is 40.0 Å². The Balaban J connectivity index is 3.23. The van der Waals surface area contributed by atoms with Crippen LogP contribution in [0.2, 0.25) is 0 Å². The molecule has 3 heteroatoms. The van der Waals surface area contributed by atoms with E-state index in [1.807, 2.05) is 0 Å². The van der Waals surface area contributed by atoms with E-state index >= 15 is 0 Å². The van der Waals surface area contributed by atoms with Gasteiger partial charge in [-0.15, -0.1) is 0 Å². The largest absolute Gasteiger partial charge is 0.393 e. The lowest BCUT2D eigenvalue weighted by Crippen LogP contribution is -2.28. The third kappa shape index (κ3) is 11.8. The minimum Gasteiger partial charge on any atom is -0.393 e. The number of hydrogen-bond donors (Lipinski definition) is 2. The fourth-order valence-electron chi connectivity index (χ4n) is 1.32. The van der Waals surface area contributed by atoms with Gasteiger partial charge in [-0.25, -0.2) is 0 Å². The zero-order valence-electron chi connectivity index (χ0n) is 10.7. The minimum atomic E-state index is -0.207. The van der Waals surface area contributed by atoms with Crippen LogP contribution >= 0.6 is 0 Å². The third-order valence-corrected chi connectivity index (χ3v) is 2.20. The van der Waals surface area contributed by atoms with Gasteiger partial charge in [0.1, 0.15) is 0 Å². The molecule has 0 aromatic heterocycles. The van der Waals surface area contributed by atoms with Crippen LogP contribution in [0.5, 0.6) is 0 Å². The van der Waals surface area contributed by atoms with Gasteiger partial charge in [-0.3, -0.25) is 0 Å². The molecule has 0 heterocycles. The Morgan fingerprint density at radius 3 is 2.47 bits per heavy atom. The van der Waals surface area contributed by atoms with Crippen LogP contribution in [-0.4, -0.2) is 38.0 Å². The van der Waals surface area contributed by atoms with E-state index in [1.54, 1.807) is 7.11 Å². The van der Waals surface area contributed by atoms with Gasteiger partial charge < -0.3 is 15.2 Å². The summed E-state index contributed by atoms with van der Waals surface area (Å²) in [5.74, 6) is 0. The molecule has 0 aliphatic rings. The fraction of sp³-hybridized carbons (Fsp3) is 1.00. The van der Waals surface area contributed by atoms with E-state index in [-0.39, 0.29) is 6.10 Å². The molecule has 0 aromatic rings. The Bertz CT molecular complexity index is 143. The van der Waals surface area contributed by atoms with Crippen molar-refractivity contribution in [3.05, 3.63) is 0 Å². The second kappa shape index (κ2) is 8.08. The van der Waals surface area contributed by atoms with E-state index in [4.69, 9.17) is 4.74 Å². The van der Waals surface area contributed by atoms with Crippen LogP contribution in [0.3, 0.4) is 0 Å². The number of methoxy groups -OCH3 is 1. The molecule has 0 aromatic carbocycles. The number of nitrogens with one attached hydrogen (secondary N) is 1. The normalized spacial score (nSPS) is 14.2.